The van der Waals surface area contributed by atoms with Gasteiger partial charge in [0.2, 0.25) is 11.8 Å². The van der Waals surface area contributed by atoms with E-state index < -0.39 is 12.0 Å². The average molecular weight is 448 g/mol. The number of likely N-dealkylation sites (tertiary alicyclic amines) is 1. The number of hydrogen-bond donors (Lipinski definition) is 3. The number of fused-ring (bicyclic) bond motifs is 2. The third-order valence-electron chi connectivity index (χ3n) is 6.00. The summed E-state index contributed by atoms with van der Waals surface area (Å²) in [6.07, 6.45) is 2.49. The molecular weight excluding hydrogens is 424 g/mol. The predicted molar refractivity (Wildman–Crippen MR) is 120 cm³/mol. The van der Waals surface area contributed by atoms with E-state index in [0.29, 0.717) is 29.0 Å². The van der Waals surface area contributed by atoms with Gasteiger partial charge >= 0.3 is 0 Å². The smallest absolute Gasteiger partial charge is 0.249 e. The summed E-state index contributed by atoms with van der Waals surface area (Å²) in [5.74, 6) is -0.107. The quantitative estimate of drug-likeness (QED) is 0.406. The number of carbonyl (C=O) groups is 2. The molecule has 10 nitrogen and oxygen atoms in total. The van der Waals surface area contributed by atoms with Gasteiger partial charge in [0.15, 0.2) is 0 Å². The van der Waals surface area contributed by atoms with Crippen LogP contribution in [-0.2, 0) is 16.1 Å². The van der Waals surface area contributed by atoms with Crippen molar-refractivity contribution in [3.63, 3.8) is 0 Å². The van der Waals surface area contributed by atoms with Gasteiger partial charge in [-0.1, -0.05) is 6.07 Å². The number of pyridine rings is 1. The Balaban J connectivity index is 1.23. The number of primary amides is 1. The number of aryl methyl sites for hydroxylation is 1. The first-order chi connectivity index (χ1) is 15.9. The van der Waals surface area contributed by atoms with Crippen LogP contribution in [0.3, 0.4) is 0 Å². The molecule has 1 saturated heterocycles. The van der Waals surface area contributed by atoms with Gasteiger partial charge in [-0.05, 0) is 36.8 Å². The first-order valence-electron chi connectivity index (χ1n) is 10.6. The molecule has 4 heterocycles. The fourth-order valence-corrected chi connectivity index (χ4v) is 4.36. The summed E-state index contributed by atoms with van der Waals surface area (Å²) in [4.78, 5) is 38.0. The Morgan fingerprint density at radius 1 is 1.27 bits per heavy atom. The summed E-state index contributed by atoms with van der Waals surface area (Å²) < 4.78 is 7.38. The van der Waals surface area contributed by atoms with Crippen LogP contribution in [0, 0.1) is 6.92 Å². The zero-order valence-corrected chi connectivity index (χ0v) is 18.1. The van der Waals surface area contributed by atoms with Crippen molar-refractivity contribution in [1.29, 1.82) is 0 Å². The van der Waals surface area contributed by atoms with Crippen LogP contribution in [-0.4, -0.2) is 67.1 Å². The Morgan fingerprint density at radius 2 is 2.12 bits per heavy atom. The van der Waals surface area contributed by atoms with E-state index in [0.717, 1.165) is 16.6 Å². The molecule has 3 aromatic heterocycles. The van der Waals surface area contributed by atoms with Crippen LogP contribution in [0.1, 0.15) is 27.8 Å². The number of benzene rings is 1. The molecule has 170 valence electrons. The van der Waals surface area contributed by atoms with Crippen molar-refractivity contribution in [2.75, 3.05) is 19.7 Å². The summed E-state index contributed by atoms with van der Waals surface area (Å²) in [5.41, 5.74) is 9.27. The number of aliphatic hydroxyl groups is 1. The molecule has 5 rings (SSSR count). The van der Waals surface area contributed by atoms with Crippen LogP contribution in [0.15, 0.2) is 42.7 Å². The number of hydrogen-bond acceptors (Lipinski definition) is 6. The fraction of sp³-hybridized carbons (Fsp3) is 0.304. The lowest BCUT2D eigenvalue weighted by molar-refractivity contribution is -0.136. The Bertz CT molecular complexity index is 1360. The zero-order chi connectivity index (χ0) is 23.1. The maximum Gasteiger partial charge on any atom is 0.249 e. The molecule has 0 spiro atoms. The zero-order valence-electron chi connectivity index (χ0n) is 18.1. The van der Waals surface area contributed by atoms with E-state index in [1.54, 1.807) is 27.8 Å². The minimum absolute atomic E-state index is 0.119. The van der Waals surface area contributed by atoms with E-state index in [9.17, 15) is 14.7 Å². The summed E-state index contributed by atoms with van der Waals surface area (Å²) in [6.45, 7) is 2.56. The minimum atomic E-state index is -0.776. The largest absolute Gasteiger partial charge is 0.389 e. The average Bonchev–Trinajstić information content (AvgIpc) is 3.49. The number of aliphatic hydroxyl groups excluding tert-OH is 1. The number of carbonyl (C=O) groups excluding carboxylic acids is 2. The Kier molecular flexibility index (Phi) is 5.31. The molecular formula is C23H24N6O4. The molecule has 0 unspecified atom stereocenters. The lowest BCUT2D eigenvalue weighted by Crippen LogP contribution is -2.32. The van der Waals surface area contributed by atoms with Gasteiger partial charge in [0.25, 0.3) is 0 Å². The predicted octanol–water partition coefficient (Wildman–Crippen LogP) is 1.28. The molecule has 0 saturated carbocycles. The van der Waals surface area contributed by atoms with Gasteiger partial charge in [-0.2, -0.15) is 0 Å². The number of aromatic nitrogens is 4. The minimum Gasteiger partial charge on any atom is -0.389 e. The first-order valence-corrected chi connectivity index (χ1v) is 10.6. The molecule has 1 aliphatic rings. The van der Waals surface area contributed by atoms with Gasteiger partial charge in [-0.15, -0.1) is 0 Å². The Labute approximate surface area is 189 Å². The standard InChI is InChI=1S/C23H24N6O4/c1-13-2-3-16-17(8-13)27-20(26-16)11-33-12-21(31)28-9-18(19(30)10-28)29-7-5-15-14(22(24)32)4-6-25-23(15)29/h2-8,18-19,30H,9-12H2,1H3,(H2,24,32)(H,26,27)/t18-,19-/m1/s1. The lowest BCUT2D eigenvalue weighted by Gasteiger charge is -2.17. The molecule has 0 aliphatic carbocycles. The molecule has 1 fully saturated rings. The first kappa shape index (κ1) is 21.1. The van der Waals surface area contributed by atoms with Crippen LogP contribution in [0.2, 0.25) is 0 Å². The van der Waals surface area contributed by atoms with Crippen molar-refractivity contribution >= 4 is 33.9 Å². The SMILES string of the molecule is Cc1ccc2nc(COCC(=O)N3C[C@@H](O)[C@H](n4ccc5c(C(N)=O)ccnc54)C3)[nH]c2c1. The summed E-state index contributed by atoms with van der Waals surface area (Å²) >= 11 is 0. The number of nitrogens with zero attached hydrogens (tertiary/aromatic N) is 4. The fourth-order valence-electron chi connectivity index (χ4n) is 4.36. The van der Waals surface area contributed by atoms with Crippen molar-refractivity contribution in [2.45, 2.75) is 25.7 Å². The number of nitrogens with two attached hydrogens (primary N) is 1. The van der Waals surface area contributed by atoms with E-state index in [1.807, 2.05) is 25.1 Å². The van der Waals surface area contributed by atoms with Crippen molar-refractivity contribution in [1.82, 2.24) is 24.4 Å². The third-order valence-corrected chi connectivity index (χ3v) is 6.00. The van der Waals surface area contributed by atoms with Crippen LogP contribution >= 0.6 is 0 Å². The van der Waals surface area contributed by atoms with E-state index in [-0.39, 0.29) is 31.7 Å². The number of ether oxygens (including phenoxy) is 1. The Morgan fingerprint density at radius 3 is 2.94 bits per heavy atom. The number of nitrogens with one attached hydrogen (secondary N) is 1. The third kappa shape index (κ3) is 3.94. The highest BCUT2D eigenvalue weighted by Crippen LogP contribution is 2.28. The molecule has 2 atom stereocenters. The van der Waals surface area contributed by atoms with Gasteiger partial charge in [0.1, 0.15) is 24.7 Å². The molecule has 10 heteroatoms. The molecule has 0 radical (unpaired) electrons. The maximum atomic E-state index is 12.7. The normalized spacial score (nSPS) is 18.4. The van der Waals surface area contributed by atoms with Gasteiger partial charge in [0.05, 0.1) is 28.7 Å². The highest BCUT2D eigenvalue weighted by atomic mass is 16.5. The number of aromatic amines is 1. The van der Waals surface area contributed by atoms with Gasteiger partial charge in [0, 0.05) is 30.9 Å². The van der Waals surface area contributed by atoms with Crippen molar-refractivity contribution in [3.8, 4) is 0 Å². The van der Waals surface area contributed by atoms with Gasteiger partial charge < -0.3 is 30.0 Å². The van der Waals surface area contributed by atoms with Crippen molar-refractivity contribution in [3.05, 3.63) is 59.7 Å². The number of rotatable bonds is 6. The van der Waals surface area contributed by atoms with E-state index in [4.69, 9.17) is 10.5 Å². The number of β-amino-alcohol motifs (C(OH)–C–C–N with tert-alkyl or cyclic N) is 1. The molecule has 1 aliphatic heterocycles. The summed E-state index contributed by atoms with van der Waals surface area (Å²) in [7, 11) is 0. The van der Waals surface area contributed by atoms with Gasteiger partial charge in [-0.25, -0.2) is 9.97 Å². The van der Waals surface area contributed by atoms with Crippen LogP contribution in [0.5, 0.6) is 0 Å². The Hall–Kier alpha value is -3.76. The lowest BCUT2D eigenvalue weighted by atomic mass is 10.2. The monoisotopic (exact) mass is 448 g/mol. The number of H-pyrrole nitrogens is 1. The maximum absolute atomic E-state index is 12.7. The summed E-state index contributed by atoms with van der Waals surface area (Å²) in [6, 6.07) is 8.86. The molecule has 33 heavy (non-hydrogen) atoms. The highest BCUT2D eigenvalue weighted by Gasteiger charge is 2.36. The molecule has 2 amide bonds. The van der Waals surface area contributed by atoms with E-state index in [1.165, 1.54) is 6.20 Å². The second-order valence-electron chi connectivity index (χ2n) is 8.31. The molecule has 1 aromatic carbocycles. The topological polar surface area (TPSA) is 139 Å². The van der Waals surface area contributed by atoms with Crippen LogP contribution < -0.4 is 5.73 Å². The van der Waals surface area contributed by atoms with Crippen LogP contribution in [0.4, 0.5) is 0 Å². The second-order valence-corrected chi connectivity index (χ2v) is 8.31. The van der Waals surface area contributed by atoms with Crippen molar-refractivity contribution in [2.24, 2.45) is 5.73 Å². The molecule has 4 aromatic rings. The summed E-state index contributed by atoms with van der Waals surface area (Å²) in [5, 5.41) is 11.3. The van der Waals surface area contributed by atoms with Crippen molar-refractivity contribution < 1.29 is 19.4 Å². The van der Waals surface area contributed by atoms with E-state index in [2.05, 4.69) is 15.0 Å². The highest BCUT2D eigenvalue weighted by molar-refractivity contribution is 6.04. The number of imidazole rings is 1. The van der Waals surface area contributed by atoms with E-state index >= 15 is 0 Å². The van der Waals surface area contributed by atoms with Gasteiger partial charge in [-0.3, -0.25) is 9.59 Å². The number of amides is 2. The second kappa shape index (κ2) is 8.30. The molecule has 4 N–H and O–H groups in total. The molecule has 0 bridgehead atoms. The van der Waals surface area contributed by atoms with Crippen LogP contribution in [0.25, 0.3) is 22.1 Å².